The number of carbonyl (C=O) groups excluding carboxylic acids is 3. The molecule has 0 fully saturated rings. The Morgan fingerprint density at radius 3 is 0.826 bits per heavy atom. The Balaban J connectivity index is 4.28. The van der Waals surface area contributed by atoms with E-state index in [0.717, 1.165) is 69.6 Å². The molecule has 0 N–H and O–H groups in total. The van der Waals surface area contributed by atoms with Crippen LogP contribution in [0.25, 0.3) is 0 Å². The Morgan fingerprint density at radius 2 is 0.551 bits per heavy atom. The molecule has 6 nitrogen and oxygen atoms in total. The predicted molar refractivity (Wildman–Crippen MR) is 298 cm³/mol. The summed E-state index contributed by atoms with van der Waals surface area (Å²) in [7, 11) is 0. The molecule has 0 amide bonds. The highest BCUT2D eigenvalue weighted by Crippen LogP contribution is 2.19. The van der Waals surface area contributed by atoms with Gasteiger partial charge in [-0.25, -0.2) is 0 Å². The molecular formula is C63H122O6. The van der Waals surface area contributed by atoms with Gasteiger partial charge in [0.25, 0.3) is 0 Å². The van der Waals surface area contributed by atoms with Gasteiger partial charge in [0.15, 0.2) is 6.10 Å². The first-order valence-electron chi connectivity index (χ1n) is 31.3. The molecule has 1 unspecified atom stereocenters. The van der Waals surface area contributed by atoms with E-state index in [1.54, 1.807) is 0 Å². The normalized spacial score (nSPS) is 12.4. The number of ether oxygens (including phenoxy) is 3. The highest BCUT2D eigenvalue weighted by molar-refractivity contribution is 5.71. The molecule has 0 saturated heterocycles. The monoisotopic (exact) mass is 975 g/mol. The van der Waals surface area contributed by atoms with Gasteiger partial charge in [-0.1, -0.05) is 317 Å². The first-order chi connectivity index (χ1) is 33.8. The summed E-state index contributed by atoms with van der Waals surface area (Å²) >= 11 is 0. The van der Waals surface area contributed by atoms with Crippen molar-refractivity contribution in [2.75, 3.05) is 13.2 Å². The van der Waals surface area contributed by atoms with Crippen molar-refractivity contribution in [3.05, 3.63) is 0 Å². The van der Waals surface area contributed by atoms with Crippen molar-refractivity contribution in [3.8, 4) is 0 Å². The Bertz CT molecular complexity index is 1060. The van der Waals surface area contributed by atoms with Crippen LogP contribution in [0.5, 0.6) is 0 Å². The number of hydrogen-bond acceptors (Lipinski definition) is 6. The van der Waals surface area contributed by atoms with Crippen LogP contribution in [0.4, 0.5) is 0 Å². The van der Waals surface area contributed by atoms with Crippen LogP contribution in [0.2, 0.25) is 0 Å². The highest BCUT2D eigenvalue weighted by Gasteiger charge is 2.19. The molecule has 410 valence electrons. The molecule has 69 heavy (non-hydrogen) atoms. The van der Waals surface area contributed by atoms with E-state index in [1.165, 1.54) is 244 Å². The Hall–Kier alpha value is -1.59. The van der Waals surface area contributed by atoms with Crippen LogP contribution < -0.4 is 0 Å². The van der Waals surface area contributed by atoms with Crippen molar-refractivity contribution in [1.29, 1.82) is 0 Å². The second-order valence-electron chi connectivity index (χ2n) is 22.4. The number of carbonyl (C=O) groups is 3. The molecule has 0 rings (SSSR count). The molecule has 0 bridgehead atoms. The SMILES string of the molecule is CCCCCCCCCCCCCCCCCCCCC(=O)O[C@H](COC(=O)CCCCCCCCCCCCCCCCCCC(C)C)COC(=O)CCCCCCCCCCCCC(C)CC. The van der Waals surface area contributed by atoms with E-state index in [9.17, 15) is 14.4 Å². The third-order valence-electron chi connectivity index (χ3n) is 14.8. The number of rotatable bonds is 57. The summed E-state index contributed by atoms with van der Waals surface area (Å²) in [6.45, 7) is 11.5. The zero-order valence-corrected chi connectivity index (χ0v) is 47.5. The summed E-state index contributed by atoms with van der Waals surface area (Å²) < 4.78 is 16.9. The van der Waals surface area contributed by atoms with E-state index >= 15 is 0 Å². The van der Waals surface area contributed by atoms with Gasteiger partial charge in [-0.3, -0.25) is 14.4 Å². The van der Waals surface area contributed by atoms with Crippen LogP contribution in [0.15, 0.2) is 0 Å². The maximum atomic E-state index is 12.9. The lowest BCUT2D eigenvalue weighted by Crippen LogP contribution is -2.30. The molecule has 0 aromatic heterocycles. The van der Waals surface area contributed by atoms with Crippen LogP contribution in [-0.4, -0.2) is 37.2 Å². The molecule has 6 heteroatoms. The molecule has 2 atom stereocenters. The van der Waals surface area contributed by atoms with Crippen molar-refractivity contribution >= 4 is 17.9 Å². The van der Waals surface area contributed by atoms with Gasteiger partial charge in [0.05, 0.1) is 0 Å². The Morgan fingerprint density at radius 1 is 0.304 bits per heavy atom. The smallest absolute Gasteiger partial charge is 0.306 e. The van der Waals surface area contributed by atoms with E-state index in [1.807, 2.05) is 0 Å². The summed E-state index contributed by atoms with van der Waals surface area (Å²) in [5.74, 6) is 0.889. The highest BCUT2D eigenvalue weighted by atomic mass is 16.6. The lowest BCUT2D eigenvalue weighted by Gasteiger charge is -2.18. The summed E-state index contributed by atoms with van der Waals surface area (Å²) in [5, 5.41) is 0. The molecule has 0 aliphatic heterocycles. The van der Waals surface area contributed by atoms with Gasteiger partial charge < -0.3 is 14.2 Å². The van der Waals surface area contributed by atoms with Crippen molar-refractivity contribution in [2.24, 2.45) is 11.8 Å². The average Bonchev–Trinajstić information content (AvgIpc) is 3.34. The molecule has 0 aliphatic rings. The lowest BCUT2D eigenvalue weighted by atomic mass is 9.99. The van der Waals surface area contributed by atoms with Crippen LogP contribution in [-0.2, 0) is 28.6 Å². The van der Waals surface area contributed by atoms with Gasteiger partial charge in [0.1, 0.15) is 13.2 Å². The fourth-order valence-corrected chi connectivity index (χ4v) is 9.73. The van der Waals surface area contributed by atoms with Crippen molar-refractivity contribution in [2.45, 2.75) is 362 Å². The molecule has 0 radical (unpaired) electrons. The number of esters is 3. The minimum Gasteiger partial charge on any atom is -0.462 e. The molecule has 0 spiro atoms. The third kappa shape index (κ3) is 55.6. The van der Waals surface area contributed by atoms with Gasteiger partial charge in [-0.15, -0.1) is 0 Å². The Kier molecular flexibility index (Phi) is 54.4. The number of hydrogen-bond donors (Lipinski definition) is 0. The third-order valence-corrected chi connectivity index (χ3v) is 14.8. The van der Waals surface area contributed by atoms with E-state index < -0.39 is 6.10 Å². The summed E-state index contributed by atoms with van der Waals surface area (Å²) in [6.07, 6.45) is 60.9. The molecule has 0 aromatic rings. The van der Waals surface area contributed by atoms with Gasteiger partial charge in [0, 0.05) is 19.3 Å². The van der Waals surface area contributed by atoms with E-state index in [-0.39, 0.29) is 31.1 Å². The lowest BCUT2D eigenvalue weighted by molar-refractivity contribution is -0.167. The minimum absolute atomic E-state index is 0.0622. The predicted octanol–water partition coefficient (Wildman–Crippen LogP) is 20.8. The van der Waals surface area contributed by atoms with E-state index in [2.05, 4.69) is 34.6 Å². The second-order valence-corrected chi connectivity index (χ2v) is 22.4. The maximum Gasteiger partial charge on any atom is 0.306 e. The zero-order valence-electron chi connectivity index (χ0n) is 47.5. The molecule has 0 heterocycles. The van der Waals surface area contributed by atoms with E-state index in [0.29, 0.717) is 19.3 Å². The average molecular weight is 976 g/mol. The Labute approximate surface area is 431 Å². The molecule has 0 aliphatic carbocycles. The summed E-state index contributed by atoms with van der Waals surface area (Å²) in [6, 6.07) is 0. The van der Waals surface area contributed by atoms with Crippen molar-refractivity contribution < 1.29 is 28.6 Å². The van der Waals surface area contributed by atoms with Crippen LogP contribution in [0, 0.1) is 11.8 Å². The minimum atomic E-state index is -0.764. The van der Waals surface area contributed by atoms with Gasteiger partial charge in [-0.05, 0) is 31.1 Å². The first-order valence-corrected chi connectivity index (χ1v) is 31.3. The standard InChI is InChI=1S/C63H122O6/c1-6-8-9-10-11-12-13-14-15-16-17-22-25-28-35-40-45-50-55-63(66)69-60(57-68-62(65)54-49-44-39-34-30-29-32-37-42-47-52-59(5)7-2)56-67-61(64)53-48-43-38-33-27-24-21-19-18-20-23-26-31-36-41-46-51-58(3)4/h58-60H,6-57H2,1-5H3/t59?,60-/m1/s1. The first kappa shape index (κ1) is 67.4. The van der Waals surface area contributed by atoms with Crippen LogP contribution in [0.3, 0.4) is 0 Å². The fourth-order valence-electron chi connectivity index (χ4n) is 9.73. The zero-order chi connectivity index (χ0) is 50.4. The molecule has 0 saturated carbocycles. The fraction of sp³-hybridized carbons (Fsp3) is 0.952. The second kappa shape index (κ2) is 55.7. The van der Waals surface area contributed by atoms with Gasteiger partial charge in [-0.2, -0.15) is 0 Å². The summed E-state index contributed by atoms with van der Waals surface area (Å²) in [5.41, 5.74) is 0. The van der Waals surface area contributed by atoms with Crippen LogP contribution in [0.1, 0.15) is 356 Å². The van der Waals surface area contributed by atoms with Crippen LogP contribution >= 0.6 is 0 Å². The largest absolute Gasteiger partial charge is 0.462 e. The van der Waals surface area contributed by atoms with Gasteiger partial charge in [0.2, 0.25) is 0 Å². The summed E-state index contributed by atoms with van der Waals surface area (Å²) in [4.78, 5) is 38.3. The molecule has 0 aromatic carbocycles. The quantitative estimate of drug-likeness (QED) is 0.0343. The maximum absolute atomic E-state index is 12.9. The van der Waals surface area contributed by atoms with Crippen molar-refractivity contribution in [1.82, 2.24) is 0 Å². The molecular weight excluding hydrogens is 853 g/mol. The van der Waals surface area contributed by atoms with Gasteiger partial charge >= 0.3 is 17.9 Å². The van der Waals surface area contributed by atoms with Crippen molar-refractivity contribution in [3.63, 3.8) is 0 Å². The topological polar surface area (TPSA) is 78.9 Å². The van der Waals surface area contributed by atoms with E-state index in [4.69, 9.17) is 14.2 Å². The number of unbranched alkanes of at least 4 members (excludes halogenated alkanes) is 41.